The first-order chi connectivity index (χ1) is 11.7. The van der Waals surface area contributed by atoms with Crippen LogP contribution in [0.1, 0.15) is 37.0 Å². The smallest absolute Gasteiger partial charge is 0.118 e. The Kier molecular flexibility index (Phi) is 5.54. The quantitative estimate of drug-likeness (QED) is 0.897. The third kappa shape index (κ3) is 3.97. The van der Waals surface area contributed by atoms with Crippen molar-refractivity contribution in [3.05, 3.63) is 65.7 Å². The number of aliphatic hydroxyl groups excluding tert-OH is 1. The van der Waals surface area contributed by atoms with Crippen molar-refractivity contribution in [2.24, 2.45) is 5.92 Å². The van der Waals surface area contributed by atoms with Gasteiger partial charge in [0, 0.05) is 5.92 Å². The van der Waals surface area contributed by atoms with Crippen LogP contribution in [0.15, 0.2) is 54.6 Å². The van der Waals surface area contributed by atoms with Crippen molar-refractivity contribution >= 4 is 0 Å². The van der Waals surface area contributed by atoms with E-state index in [0.717, 1.165) is 24.2 Å². The molecule has 1 fully saturated rings. The summed E-state index contributed by atoms with van der Waals surface area (Å²) in [5.41, 5.74) is 2.42. The lowest BCUT2D eigenvalue weighted by molar-refractivity contribution is -0.135. The first-order valence-electron chi connectivity index (χ1n) is 8.69. The SMILES string of the molecule is COc1ccc([C@@H]2O[C@H](CCc3ccccc3)C[C@H](O)[C@H]2C)cc1. The predicted molar refractivity (Wildman–Crippen MR) is 95.2 cm³/mol. The van der Waals surface area contributed by atoms with Crippen LogP contribution < -0.4 is 4.74 Å². The maximum Gasteiger partial charge on any atom is 0.118 e. The zero-order valence-electron chi connectivity index (χ0n) is 14.4. The zero-order valence-corrected chi connectivity index (χ0v) is 14.4. The molecule has 0 saturated carbocycles. The summed E-state index contributed by atoms with van der Waals surface area (Å²) < 4.78 is 11.6. The van der Waals surface area contributed by atoms with Crippen molar-refractivity contribution in [2.75, 3.05) is 7.11 Å². The standard InChI is InChI=1S/C21H26O3/c1-15-20(22)14-19(11-8-16-6-4-3-5-7-16)24-21(15)17-9-12-18(23-2)13-10-17/h3-7,9-10,12-13,15,19-22H,8,11,14H2,1-2H3/t15-,19-,20+,21-/m1/s1. The summed E-state index contributed by atoms with van der Waals surface area (Å²) >= 11 is 0. The number of aryl methyl sites for hydroxylation is 1. The molecule has 1 heterocycles. The van der Waals surface area contributed by atoms with Crippen LogP contribution >= 0.6 is 0 Å². The van der Waals surface area contributed by atoms with Gasteiger partial charge in [-0.3, -0.25) is 0 Å². The molecule has 3 heteroatoms. The number of aliphatic hydroxyl groups is 1. The molecule has 0 aromatic heterocycles. The summed E-state index contributed by atoms with van der Waals surface area (Å²) in [6, 6.07) is 18.4. The normalized spacial score (nSPS) is 27.0. The maximum atomic E-state index is 10.5. The number of hydrogen-bond donors (Lipinski definition) is 1. The molecule has 0 aliphatic carbocycles. The van der Waals surface area contributed by atoms with Gasteiger partial charge in [0.1, 0.15) is 5.75 Å². The van der Waals surface area contributed by atoms with E-state index < -0.39 is 0 Å². The molecule has 0 unspecified atom stereocenters. The monoisotopic (exact) mass is 326 g/mol. The Labute approximate surface area is 144 Å². The van der Waals surface area contributed by atoms with Gasteiger partial charge in [0.05, 0.1) is 25.4 Å². The molecule has 3 rings (SSSR count). The van der Waals surface area contributed by atoms with Gasteiger partial charge in [-0.25, -0.2) is 0 Å². The highest BCUT2D eigenvalue weighted by atomic mass is 16.5. The van der Waals surface area contributed by atoms with Gasteiger partial charge < -0.3 is 14.6 Å². The van der Waals surface area contributed by atoms with Crippen molar-refractivity contribution in [3.8, 4) is 5.75 Å². The van der Waals surface area contributed by atoms with Crippen LogP contribution in [0, 0.1) is 5.92 Å². The molecule has 1 saturated heterocycles. The number of methoxy groups -OCH3 is 1. The van der Waals surface area contributed by atoms with Crippen molar-refractivity contribution < 1.29 is 14.6 Å². The lowest BCUT2D eigenvalue weighted by Crippen LogP contribution is -2.38. The van der Waals surface area contributed by atoms with Gasteiger partial charge in [0.25, 0.3) is 0 Å². The van der Waals surface area contributed by atoms with Crippen molar-refractivity contribution in [1.29, 1.82) is 0 Å². The molecular formula is C21H26O3. The lowest BCUT2D eigenvalue weighted by Gasteiger charge is -2.38. The molecule has 0 radical (unpaired) electrons. The molecule has 1 N–H and O–H groups in total. The van der Waals surface area contributed by atoms with E-state index in [9.17, 15) is 5.11 Å². The van der Waals surface area contributed by atoms with E-state index in [-0.39, 0.29) is 24.2 Å². The van der Waals surface area contributed by atoms with Crippen LogP contribution in [0.25, 0.3) is 0 Å². The second-order valence-corrected chi connectivity index (χ2v) is 6.64. The molecule has 0 bridgehead atoms. The average Bonchev–Trinajstić information content (AvgIpc) is 2.63. The molecule has 2 aromatic carbocycles. The topological polar surface area (TPSA) is 38.7 Å². The molecule has 1 aliphatic rings. The van der Waals surface area contributed by atoms with Crippen LogP contribution in [0.4, 0.5) is 0 Å². The minimum absolute atomic E-state index is 0.0690. The summed E-state index contributed by atoms with van der Waals surface area (Å²) in [4.78, 5) is 0. The molecule has 3 nitrogen and oxygen atoms in total. The lowest BCUT2D eigenvalue weighted by atomic mass is 9.85. The highest BCUT2D eigenvalue weighted by Crippen LogP contribution is 2.38. The second-order valence-electron chi connectivity index (χ2n) is 6.64. The maximum absolute atomic E-state index is 10.5. The number of benzene rings is 2. The fourth-order valence-corrected chi connectivity index (χ4v) is 3.41. The summed E-state index contributed by atoms with van der Waals surface area (Å²) in [6.45, 7) is 2.06. The third-order valence-corrected chi connectivity index (χ3v) is 4.97. The molecule has 24 heavy (non-hydrogen) atoms. The molecule has 1 aliphatic heterocycles. The summed E-state index contributed by atoms with van der Waals surface area (Å²) in [6.07, 6.45) is 2.30. The van der Waals surface area contributed by atoms with Crippen LogP contribution in [0.2, 0.25) is 0 Å². The van der Waals surface area contributed by atoms with Gasteiger partial charge in [-0.05, 0) is 42.5 Å². The van der Waals surface area contributed by atoms with Crippen molar-refractivity contribution in [1.82, 2.24) is 0 Å². The van der Waals surface area contributed by atoms with E-state index >= 15 is 0 Å². The Bertz CT molecular complexity index is 623. The zero-order chi connectivity index (χ0) is 16.9. The van der Waals surface area contributed by atoms with Crippen LogP contribution in [-0.2, 0) is 11.2 Å². The molecule has 128 valence electrons. The largest absolute Gasteiger partial charge is 0.497 e. The summed E-state index contributed by atoms with van der Waals surface area (Å²) in [5, 5.41) is 10.5. The van der Waals surface area contributed by atoms with E-state index in [4.69, 9.17) is 9.47 Å². The Morgan fingerprint density at radius 2 is 1.79 bits per heavy atom. The second kappa shape index (κ2) is 7.82. The van der Waals surface area contributed by atoms with E-state index in [1.165, 1.54) is 5.56 Å². The van der Waals surface area contributed by atoms with Crippen LogP contribution in [-0.4, -0.2) is 24.4 Å². The Hall–Kier alpha value is -1.84. The van der Waals surface area contributed by atoms with Gasteiger partial charge in [0.15, 0.2) is 0 Å². The average molecular weight is 326 g/mol. The third-order valence-electron chi connectivity index (χ3n) is 4.97. The first kappa shape index (κ1) is 17.0. The van der Waals surface area contributed by atoms with E-state index in [1.807, 2.05) is 30.3 Å². The Balaban J connectivity index is 1.67. The highest BCUT2D eigenvalue weighted by molar-refractivity contribution is 5.29. The first-order valence-corrected chi connectivity index (χ1v) is 8.69. The molecule has 0 spiro atoms. The van der Waals surface area contributed by atoms with Gasteiger partial charge >= 0.3 is 0 Å². The minimum atomic E-state index is -0.327. The molecule has 0 amide bonds. The van der Waals surface area contributed by atoms with E-state index in [1.54, 1.807) is 7.11 Å². The fraction of sp³-hybridized carbons (Fsp3) is 0.429. The number of ether oxygens (including phenoxy) is 2. The molecular weight excluding hydrogens is 300 g/mol. The van der Waals surface area contributed by atoms with E-state index in [2.05, 4.69) is 31.2 Å². The van der Waals surface area contributed by atoms with Crippen LogP contribution in [0.5, 0.6) is 5.75 Å². The van der Waals surface area contributed by atoms with Gasteiger partial charge in [-0.1, -0.05) is 49.4 Å². The highest BCUT2D eigenvalue weighted by Gasteiger charge is 2.35. The Morgan fingerprint density at radius 3 is 2.46 bits per heavy atom. The molecule has 4 atom stereocenters. The van der Waals surface area contributed by atoms with Gasteiger partial charge in [0.2, 0.25) is 0 Å². The summed E-state index contributed by atoms with van der Waals surface area (Å²) in [5.74, 6) is 0.926. The minimum Gasteiger partial charge on any atom is -0.497 e. The summed E-state index contributed by atoms with van der Waals surface area (Å²) in [7, 11) is 1.66. The van der Waals surface area contributed by atoms with Gasteiger partial charge in [-0.15, -0.1) is 0 Å². The van der Waals surface area contributed by atoms with Crippen molar-refractivity contribution in [3.63, 3.8) is 0 Å². The van der Waals surface area contributed by atoms with Crippen LogP contribution in [0.3, 0.4) is 0 Å². The van der Waals surface area contributed by atoms with Gasteiger partial charge in [-0.2, -0.15) is 0 Å². The van der Waals surface area contributed by atoms with E-state index in [0.29, 0.717) is 6.42 Å². The predicted octanol–water partition coefficient (Wildman–Crippen LogP) is 4.16. The molecule has 2 aromatic rings. The Morgan fingerprint density at radius 1 is 1.08 bits per heavy atom. The number of hydrogen-bond acceptors (Lipinski definition) is 3. The fourth-order valence-electron chi connectivity index (χ4n) is 3.41. The number of rotatable bonds is 5. The van der Waals surface area contributed by atoms with Crippen molar-refractivity contribution in [2.45, 2.75) is 44.5 Å².